The van der Waals surface area contributed by atoms with Crippen molar-refractivity contribution in [1.29, 1.82) is 5.41 Å². The lowest BCUT2D eigenvalue weighted by Gasteiger charge is -2.27. The summed E-state index contributed by atoms with van der Waals surface area (Å²) in [7, 11) is 0. The molecule has 0 bridgehead atoms. The van der Waals surface area contributed by atoms with Crippen molar-refractivity contribution >= 4 is 23.2 Å². The number of hydrogen-bond acceptors (Lipinski definition) is 5. The highest BCUT2D eigenvalue weighted by atomic mass is 19.1. The van der Waals surface area contributed by atoms with Gasteiger partial charge in [-0.25, -0.2) is 4.39 Å². The van der Waals surface area contributed by atoms with Gasteiger partial charge < -0.3 is 16.0 Å². The topological polar surface area (TPSA) is 73.7 Å². The Bertz CT molecular complexity index is 799. The summed E-state index contributed by atoms with van der Waals surface area (Å²) in [4.78, 5) is 8.52. The molecule has 0 radical (unpaired) electrons. The summed E-state index contributed by atoms with van der Waals surface area (Å²) in [6.07, 6.45) is 11.4. The minimum atomic E-state index is -0.438. The van der Waals surface area contributed by atoms with E-state index in [2.05, 4.69) is 27.5 Å². The molecule has 26 heavy (non-hydrogen) atoms. The number of hydrogen-bond donors (Lipinski definition) is 3. The Kier molecular flexibility index (Phi) is 5.94. The van der Waals surface area contributed by atoms with Crippen molar-refractivity contribution in [3.8, 4) is 0 Å². The molecule has 2 aromatic rings. The summed E-state index contributed by atoms with van der Waals surface area (Å²) in [5.41, 5.74) is 3.08. The third-order valence-corrected chi connectivity index (χ3v) is 4.46. The van der Waals surface area contributed by atoms with Gasteiger partial charge in [-0.2, -0.15) is 0 Å². The van der Waals surface area contributed by atoms with E-state index in [0.717, 1.165) is 43.3 Å². The summed E-state index contributed by atoms with van der Waals surface area (Å²) in [6, 6.07) is 5.67. The minimum Gasteiger partial charge on any atom is -0.381 e. The summed E-state index contributed by atoms with van der Waals surface area (Å²) in [6.45, 7) is 2.10. The molecule has 0 spiro atoms. The molecule has 1 saturated carbocycles. The Hall–Kier alpha value is -2.76. The van der Waals surface area contributed by atoms with Crippen LogP contribution in [0, 0.1) is 11.2 Å². The van der Waals surface area contributed by atoms with Crippen LogP contribution in [0.4, 0.5) is 15.8 Å². The molecule has 0 aromatic carbocycles. The van der Waals surface area contributed by atoms with Crippen LogP contribution in [0.25, 0.3) is 5.57 Å². The van der Waals surface area contributed by atoms with Gasteiger partial charge in [0.15, 0.2) is 5.82 Å². The molecule has 0 atom stereocenters. The lowest BCUT2D eigenvalue weighted by atomic mass is 9.93. The number of pyridine rings is 2. The van der Waals surface area contributed by atoms with Crippen LogP contribution in [0.2, 0.25) is 0 Å². The molecule has 0 aliphatic heterocycles. The molecule has 0 unspecified atom stereocenters. The van der Waals surface area contributed by atoms with Gasteiger partial charge in [0, 0.05) is 47.7 Å². The van der Waals surface area contributed by atoms with Crippen LogP contribution in [0.1, 0.15) is 44.0 Å². The fourth-order valence-electron chi connectivity index (χ4n) is 2.82. The Balaban J connectivity index is 1.73. The van der Waals surface area contributed by atoms with Gasteiger partial charge in [-0.1, -0.05) is 13.3 Å². The van der Waals surface area contributed by atoms with Crippen LogP contribution < -0.4 is 10.6 Å². The molecule has 3 N–H and O–H groups in total. The van der Waals surface area contributed by atoms with Gasteiger partial charge in [0.05, 0.1) is 11.9 Å². The average molecular weight is 353 g/mol. The first-order valence-corrected chi connectivity index (χ1v) is 9.04. The van der Waals surface area contributed by atoms with E-state index in [1.807, 2.05) is 12.1 Å². The van der Waals surface area contributed by atoms with E-state index in [-0.39, 0.29) is 5.69 Å². The molecule has 0 saturated heterocycles. The Morgan fingerprint density at radius 2 is 2.15 bits per heavy atom. The Morgan fingerprint density at radius 1 is 1.31 bits per heavy atom. The third kappa shape index (κ3) is 4.45. The van der Waals surface area contributed by atoms with Crippen LogP contribution in [-0.4, -0.2) is 22.2 Å². The molecule has 1 fully saturated rings. The zero-order chi connectivity index (χ0) is 18.4. The number of aromatic nitrogens is 2. The maximum atomic E-state index is 14.5. The van der Waals surface area contributed by atoms with Gasteiger partial charge in [-0.15, -0.1) is 0 Å². The fraction of sp³-hybridized carbons (Fsp3) is 0.350. The van der Waals surface area contributed by atoms with E-state index < -0.39 is 5.82 Å². The van der Waals surface area contributed by atoms with Gasteiger partial charge in [-0.3, -0.25) is 9.97 Å². The van der Waals surface area contributed by atoms with Gasteiger partial charge in [-0.05, 0) is 37.8 Å². The molecular formula is C20H24FN5. The first-order chi connectivity index (χ1) is 12.7. The lowest BCUT2D eigenvalue weighted by Crippen LogP contribution is -2.27. The number of halogens is 1. The highest BCUT2D eigenvalue weighted by molar-refractivity contribution is 6.08. The zero-order valence-electron chi connectivity index (χ0n) is 14.9. The predicted octanol–water partition coefficient (Wildman–Crippen LogP) is 4.64. The first-order valence-electron chi connectivity index (χ1n) is 9.04. The quantitative estimate of drug-likeness (QED) is 0.605. The third-order valence-electron chi connectivity index (χ3n) is 4.46. The fourth-order valence-corrected chi connectivity index (χ4v) is 2.82. The van der Waals surface area contributed by atoms with E-state index in [0.29, 0.717) is 17.3 Å². The summed E-state index contributed by atoms with van der Waals surface area (Å²) < 4.78 is 14.5. The van der Waals surface area contributed by atoms with Crippen LogP contribution in [-0.2, 0) is 6.42 Å². The van der Waals surface area contributed by atoms with Crippen LogP contribution in [0.5, 0.6) is 0 Å². The molecule has 1 aliphatic rings. The van der Waals surface area contributed by atoms with E-state index in [4.69, 9.17) is 5.41 Å². The molecular weight excluding hydrogens is 329 g/mol. The number of rotatable bonds is 8. The van der Waals surface area contributed by atoms with Crippen molar-refractivity contribution in [2.75, 3.05) is 10.6 Å². The molecule has 3 rings (SSSR count). The monoisotopic (exact) mass is 353 g/mol. The van der Waals surface area contributed by atoms with E-state index >= 15 is 0 Å². The van der Waals surface area contributed by atoms with E-state index in [1.54, 1.807) is 18.6 Å². The molecule has 1 aliphatic carbocycles. The van der Waals surface area contributed by atoms with Crippen molar-refractivity contribution in [3.63, 3.8) is 0 Å². The van der Waals surface area contributed by atoms with Gasteiger partial charge in [0.25, 0.3) is 0 Å². The van der Waals surface area contributed by atoms with E-state index in [1.165, 1.54) is 12.5 Å². The van der Waals surface area contributed by atoms with Crippen molar-refractivity contribution in [3.05, 3.63) is 54.0 Å². The molecule has 136 valence electrons. The number of nitrogens with one attached hydrogen (secondary N) is 3. The van der Waals surface area contributed by atoms with Gasteiger partial charge >= 0.3 is 0 Å². The zero-order valence-corrected chi connectivity index (χ0v) is 14.9. The largest absolute Gasteiger partial charge is 0.381 e. The van der Waals surface area contributed by atoms with Gasteiger partial charge in [0.1, 0.15) is 5.69 Å². The number of nitrogens with zero attached hydrogens (tertiary/aromatic N) is 2. The van der Waals surface area contributed by atoms with Crippen molar-refractivity contribution in [2.24, 2.45) is 0 Å². The normalized spacial score (nSPS) is 14.6. The standard InChI is InChI=1S/C20H24FN5/c1-2-4-16-9-17(7-8-23-16)24-12-14(11-22)20-19(21)10-18(13-25-20)26-15-5-3-6-15/h7-13,15,22,26H,2-6H2,1H3,(H,23,24)/b14-12+,22-11?. The Morgan fingerprint density at radius 3 is 2.81 bits per heavy atom. The number of allylic oxidation sites excluding steroid dienone is 1. The second-order valence-corrected chi connectivity index (χ2v) is 6.50. The van der Waals surface area contributed by atoms with Crippen molar-refractivity contribution < 1.29 is 4.39 Å². The molecule has 2 aromatic heterocycles. The van der Waals surface area contributed by atoms with Crippen LogP contribution in [0.3, 0.4) is 0 Å². The van der Waals surface area contributed by atoms with Crippen LogP contribution in [0.15, 0.2) is 36.8 Å². The van der Waals surface area contributed by atoms with Gasteiger partial charge in [0.2, 0.25) is 0 Å². The number of aryl methyl sites for hydroxylation is 1. The van der Waals surface area contributed by atoms with Crippen molar-refractivity contribution in [1.82, 2.24) is 9.97 Å². The van der Waals surface area contributed by atoms with Crippen molar-refractivity contribution in [2.45, 2.75) is 45.1 Å². The SMILES string of the molecule is CCCc1cc(N/C=C(\C=N)c2ncc(NC3CCC3)cc2F)ccn1. The Labute approximate surface area is 153 Å². The summed E-state index contributed by atoms with van der Waals surface area (Å²) in [5, 5.41) is 14.0. The average Bonchev–Trinajstić information content (AvgIpc) is 2.61. The predicted molar refractivity (Wildman–Crippen MR) is 104 cm³/mol. The lowest BCUT2D eigenvalue weighted by molar-refractivity contribution is 0.445. The number of anilines is 2. The summed E-state index contributed by atoms with van der Waals surface area (Å²) >= 11 is 0. The minimum absolute atomic E-state index is 0.162. The second kappa shape index (κ2) is 8.56. The molecule has 2 heterocycles. The second-order valence-electron chi connectivity index (χ2n) is 6.50. The molecule has 5 nitrogen and oxygen atoms in total. The summed E-state index contributed by atoms with van der Waals surface area (Å²) in [5.74, 6) is -0.438. The molecule has 0 amide bonds. The highest BCUT2D eigenvalue weighted by Crippen LogP contribution is 2.24. The van der Waals surface area contributed by atoms with Crippen LogP contribution >= 0.6 is 0 Å². The smallest absolute Gasteiger partial charge is 0.151 e. The molecule has 6 heteroatoms. The first kappa shape index (κ1) is 18.0. The maximum Gasteiger partial charge on any atom is 0.151 e. The van der Waals surface area contributed by atoms with E-state index in [9.17, 15) is 4.39 Å². The highest BCUT2D eigenvalue weighted by Gasteiger charge is 2.18. The maximum absolute atomic E-state index is 14.5.